The minimum absolute atomic E-state index is 0. The topological polar surface area (TPSA) is 56.7 Å². The van der Waals surface area contributed by atoms with Crippen molar-refractivity contribution in [1.29, 1.82) is 0 Å². The minimum atomic E-state index is -0.976. The molecule has 2 aliphatic heterocycles. The van der Waals surface area contributed by atoms with E-state index in [1.54, 1.807) is 12.3 Å². The summed E-state index contributed by atoms with van der Waals surface area (Å²) >= 11 is 0. The number of aromatic carboxylic acids is 1. The number of aromatic nitrogens is 1. The molecule has 0 amide bonds. The SMILES string of the molecule is O=C(O)c1[c-]ncc(N2CC3CC2CN3P)c1.[Y]. The molecule has 2 saturated heterocycles. The Bertz CT molecular complexity index is 471. The monoisotopic (exact) mass is 339 g/mol. The Kier molecular flexibility index (Phi) is 4.38. The van der Waals surface area contributed by atoms with Crippen LogP contribution in [-0.2, 0) is 32.7 Å². The first-order valence-electron chi connectivity index (χ1n) is 5.54. The second-order valence-electron chi connectivity index (χ2n) is 4.55. The molecule has 5 nitrogen and oxygen atoms in total. The van der Waals surface area contributed by atoms with Crippen LogP contribution in [-0.4, -0.2) is 45.9 Å². The van der Waals surface area contributed by atoms with Gasteiger partial charge in [-0.1, -0.05) is 9.39 Å². The van der Waals surface area contributed by atoms with Gasteiger partial charge in [0, 0.05) is 57.9 Å². The summed E-state index contributed by atoms with van der Waals surface area (Å²) in [5.74, 6) is -0.976. The zero-order valence-electron chi connectivity index (χ0n) is 9.78. The van der Waals surface area contributed by atoms with Gasteiger partial charge in [0.05, 0.1) is 0 Å². The van der Waals surface area contributed by atoms with Crippen LogP contribution in [0.15, 0.2) is 12.3 Å². The van der Waals surface area contributed by atoms with Gasteiger partial charge in [-0.2, -0.15) is 0 Å². The molecule has 0 aromatic carbocycles. The van der Waals surface area contributed by atoms with E-state index in [9.17, 15) is 4.79 Å². The minimum Gasteiger partial charge on any atom is -0.521 e. The summed E-state index contributed by atoms with van der Waals surface area (Å²) < 4.78 is 2.28. The normalized spacial score (nSPS) is 26.2. The van der Waals surface area contributed by atoms with Gasteiger partial charge in [-0.3, -0.25) is 4.67 Å². The van der Waals surface area contributed by atoms with E-state index >= 15 is 0 Å². The Balaban J connectivity index is 0.00000120. The summed E-state index contributed by atoms with van der Waals surface area (Å²) in [7, 11) is 2.76. The third kappa shape index (κ3) is 2.46. The number of carboxylic acid groups (broad SMARTS) is 1. The molecular weight excluding hydrogens is 326 g/mol. The maximum absolute atomic E-state index is 10.9. The number of anilines is 1. The van der Waals surface area contributed by atoms with Crippen molar-refractivity contribution in [3.05, 3.63) is 24.0 Å². The van der Waals surface area contributed by atoms with Crippen LogP contribution in [0.3, 0.4) is 0 Å². The first-order chi connectivity index (χ1) is 8.15. The van der Waals surface area contributed by atoms with Gasteiger partial charge in [0.15, 0.2) is 0 Å². The van der Waals surface area contributed by atoms with Crippen LogP contribution in [0.4, 0.5) is 5.69 Å². The first-order valence-corrected chi connectivity index (χ1v) is 6.06. The van der Waals surface area contributed by atoms with Crippen molar-refractivity contribution in [3.8, 4) is 0 Å². The van der Waals surface area contributed by atoms with E-state index in [0.717, 1.165) is 25.2 Å². The molecule has 2 bridgehead atoms. The van der Waals surface area contributed by atoms with Crippen molar-refractivity contribution in [2.75, 3.05) is 18.0 Å². The van der Waals surface area contributed by atoms with Crippen LogP contribution in [0.25, 0.3) is 0 Å². The van der Waals surface area contributed by atoms with E-state index in [0.29, 0.717) is 12.1 Å². The second-order valence-corrected chi connectivity index (χ2v) is 5.21. The Morgan fingerprint density at radius 2 is 2.28 bits per heavy atom. The molecule has 0 saturated carbocycles. The molecule has 1 aromatic heterocycles. The fourth-order valence-electron chi connectivity index (χ4n) is 2.67. The van der Waals surface area contributed by atoms with Gasteiger partial charge in [0.1, 0.15) is 0 Å². The fraction of sp³-hybridized carbons (Fsp3) is 0.455. The summed E-state index contributed by atoms with van der Waals surface area (Å²) in [6.45, 7) is 1.95. The Hall–Kier alpha value is -0.0861. The Labute approximate surface area is 133 Å². The van der Waals surface area contributed by atoms with Gasteiger partial charge in [0.2, 0.25) is 5.97 Å². The van der Waals surface area contributed by atoms with Gasteiger partial charge >= 0.3 is 0 Å². The molecule has 93 valence electrons. The van der Waals surface area contributed by atoms with E-state index in [2.05, 4.69) is 30.1 Å². The predicted molar refractivity (Wildman–Crippen MR) is 66.0 cm³/mol. The average Bonchev–Trinajstić information content (AvgIpc) is 2.87. The number of hydrogen-bond acceptors (Lipinski definition) is 4. The van der Waals surface area contributed by atoms with E-state index in [1.807, 2.05) is 0 Å². The summed E-state index contributed by atoms with van der Waals surface area (Å²) in [6.07, 6.45) is 5.33. The molecule has 0 aliphatic carbocycles. The van der Waals surface area contributed by atoms with Gasteiger partial charge in [-0.15, -0.1) is 6.07 Å². The molecule has 1 radical (unpaired) electrons. The van der Waals surface area contributed by atoms with E-state index in [4.69, 9.17) is 5.11 Å². The summed E-state index contributed by atoms with van der Waals surface area (Å²) in [6, 6.07) is 2.69. The van der Waals surface area contributed by atoms with Gasteiger partial charge in [-0.25, -0.2) is 0 Å². The third-order valence-corrected chi connectivity index (χ3v) is 4.15. The number of rotatable bonds is 2. The van der Waals surface area contributed by atoms with Crippen molar-refractivity contribution in [1.82, 2.24) is 9.65 Å². The zero-order chi connectivity index (χ0) is 12.0. The van der Waals surface area contributed by atoms with Crippen LogP contribution in [0.1, 0.15) is 16.8 Å². The summed E-state index contributed by atoms with van der Waals surface area (Å²) in [5, 5.41) is 8.92. The Morgan fingerprint density at radius 3 is 2.83 bits per heavy atom. The predicted octanol–water partition coefficient (Wildman–Crippen LogP) is 0.630. The molecule has 3 unspecified atom stereocenters. The van der Waals surface area contributed by atoms with Crippen LogP contribution >= 0.6 is 9.39 Å². The molecule has 2 fully saturated rings. The van der Waals surface area contributed by atoms with Crippen LogP contribution in [0.5, 0.6) is 0 Å². The molecule has 3 heterocycles. The second kappa shape index (κ2) is 5.50. The number of fused-ring (bicyclic) bond motifs is 2. The molecule has 1 N–H and O–H groups in total. The van der Waals surface area contributed by atoms with Crippen molar-refractivity contribution < 1.29 is 42.6 Å². The van der Waals surface area contributed by atoms with E-state index in [-0.39, 0.29) is 38.3 Å². The zero-order valence-corrected chi connectivity index (χ0v) is 13.8. The van der Waals surface area contributed by atoms with Crippen molar-refractivity contribution in [3.63, 3.8) is 0 Å². The van der Waals surface area contributed by atoms with Crippen molar-refractivity contribution >= 4 is 21.0 Å². The first kappa shape index (κ1) is 14.3. The van der Waals surface area contributed by atoms with Crippen LogP contribution < -0.4 is 4.90 Å². The molecule has 2 aliphatic rings. The maximum atomic E-state index is 10.9. The van der Waals surface area contributed by atoms with Crippen molar-refractivity contribution in [2.24, 2.45) is 0 Å². The number of carbonyl (C=O) groups is 1. The fourth-order valence-corrected chi connectivity index (χ4v) is 3.13. The van der Waals surface area contributed by atoms with Gasteiger partial charge < -0.3 is 19.8 Å². The molecule has 0 spiro atoms. The molecule has 7 heteroatoms. The standard InChI is InChI=1S/C11H13N3O2P.Y/c15-11(16)7-1-8(4-12-3-7)13-5-10-2-9(13)6-14(10)17;/h1,4,9-10H,2,5-6,17H2,(H,15,16);/q-1;. The van der Waals surface area contributed by atoms with E-state index < -0.39 is 5.97 Å². The van der Waals surface area contributed by atoms with E-state index in [1.165, 1.54) is 0 Å². The molecule has 3 atom stereocenters. The quantitative estimate of drug-likeness (QED) is 0.633. The molecule has 3 rings (SSSR count). The smallest absolute Gasteiger partial charge is 0.249 e. The number of piperazine rings is 1. The largest absolute Gasteiger partial charge is 0.521 e. The van der Waals surface area contributed by atoms with Gasteiger partial charge in [0.25, 0.3) is 0 Å². The summed E-state index contributed by atoms with van der Waals surface area (Å²) in [4.78, 5) is 17.0. The number of hydrogen-bond donors (Lipinski definition) is 1. The Morgan fingerprint density at radius 1 is 1.50 bits per heavy atom. The number of nitrogens with zero attached hydrogens (tertiary/aromatic N) is 3. The van der Waals surface area contributed by atoms with Crippen LogP contribution in [0, 0.1) is 6.20 Å². The number of pyridine rings is 1. The summed E-state index contributed by atoms with van der Waals surface area (Å²) in [5.41, 5.74) is 1.03. The molecule has 1 aromatic rings. The maximum Gasteiger partial charge on any atom is 0.249 e. The van der Waals surface area contributed by atoms with Gasteiger partial charge in [-0.05, 0) is 30.1 Å². The number of carboxylic acids is 1. The molecule has 18 heavy (non-hydrogen) atoms. The average molecular weight is 339 g/mol. The third-order valence-electron chi connectivity index (χ3n) is 3.52. The van der Waals surface area contributed by atoms with Crippen LogP contribution in [0.2, 0.25) is 0 Å². The van der Waals surface area contributed by atoms with Crippen molar-refractivity contribution in [2.45, 2.75) is 18.5 Å². The molecular formula is C11H13N3O2PY-.